The highest BCUT2D eigenvalue weighted by Gasteiger charge is 2.11. The summed E-state index contributed by atoms with van der Waals surface area (Å²) in [7, 11) is 1.33. The third-order valence-electron chi connectivity index (χ3n) is 1.80. The molecule has 0 heterocycles. The van der Waals surface area contributed by atoms with Gasteiger partial charge in [-0.2, -0.15) is 5.26 Å². The standard InChI is InChI=1S/C10H7Br2NO2/c1-15-9(14)4-6-2-8(11)3-7(5-13)10(6)12/h2-3H,4H2,1H3. The molecule has 1 rings (SSSR count). The van der Waals surface area contributed by atoms with Gasteiger partial charge in [0.25, 0.3) is 0 Å². The van der Waals surface area contributed by atoms with Crippen LogP contribution >= 0.6 is 31.9 Å². The second kappa shape index (κ2) is 5.29. The Bertz CT molecular complexity index is 438. The minimum Gasteiger partial charge on any atom is -0.469 e. The minimum absolute atomic E-state index is 0.144. The number of hydrogen-bond acceptors (Lipinski definition) is 3. The van der Waals surface area contributed by atoms with Crippen molar-refractivity contribution in [3.8, 4) is 6.07 Å². The summed E-state index contributed by atoms with van der Waals surface area (Å²) in [5, 5.41) is 8.84. The van der Waals surface area contributed by atoms with E-state index in [1.54, 1.807) is 12.1 Å². The van der Waals surface area contributed by atoms with Crippen LogP contribution in [-0.2, 0) is 16.0 Å². The SMILES string of the molecule is COC(=O)Cc1cc(Br)cc(C#N)c1Br. The summed E-state index contributed by atoms with van der Waals surface area (Å²) < 4.78 is 5.97. The molecule has 3 nitrogen and oxygen atoms in total. The van der Waals surface area contributed by atoms with Crippen LogP contribution in [0.3, 0.4) is 0 Å². The van der Waals surface area contributed by atoms with E-state index >= 15 is 0 Å². The van der Waals surface area contributed by atoms with Crippen molar-refractivity contribution >= 4 is 37.8 Å². The molecule has 0 aliphatic rings. The minimum atomic E-state index is -0.335. The Labute approximate surface area is 104 Å². The fourth-order valence-electron chi connectivity index (χ4n) is 1.08. The average molecular weight is 333 g/mol. The normalized spacial score (nSPS) is 9.47. The molecule has 0 amide bonds. The van der Waals surface area contributed by atoms with Crippen LogP contribution in [0.5, 0.6) is 0 Å². The van der Waals surface area contributed by atoms with E-state index < -0.39 is 0 Å². The van der Waals surface area contributed by atoms with Crippen molar-refractivity contribution < 1.29 is 9.53 Å². The summed E-state index contributed by atoms with van der Waals surface area (Å²) in [6.07, 6.45) is 0.144. The van der Waals surface area contributed by atoms with Gasteiger partial charge < -0.3 is 4.74 Å². The summed E-state index contributed by atoms with van der Waals surface area (Å²) in [4.78, 5) is 11.1. The number of nitrogens with zero attached hydrogens (tertiary/aromatic N) is 1. The summed E-state index contributed by atoms with van der Waals surface area (Å²) in [6, 6.07) is 5.50. The molecule has 0 aliphatic carbocycles. The third kappa shape index (κ3) is 3.05. The number of carbonyl (C=O) groups excluding carboxylic acids is 1. The van der Waals surface area contributed by atoms with Gasteiger partial charge in [-0.3, -0.25) is 4.79 Å². The fourth-order valence-corrected chi connectivity index (χ4v) is 2.05. The van der Waals surface area contributed by atoms with Crippen molar-refractivity contribution in [1.82, 2.24) is 0 Å². The molecule has 0 unspecified atom stereocenters. The van der Waals surface area contributed by atoms with E-state index in [4.69, 9.17) is 5.26 Å². The van der Waals surface area contributed by atoms with Gasteiger partial charge in [-0.1, -0.05) is 15.9 Å². The molecule has 0 radical (unpaired) electrons. The highest BCUT2D eigenvalue weighted by Crippen LogP contribution is 2.26. The highest BCUT2D eigenvalue weighted by molar-refractivity contribution is 9.11. The first-order valence-electron chi connectivity index (χ1n) is 4.03. The van der Waals surface area contributed by atoms with Crippen LogP contribution in [0.2, 0.25) is 0 Å². The number of halogens is 2. The molecular formula is C10H7Br2NO2. The van der Waals surface area contributed by atoms with E-state index in [0.29, 0.717) is 10.0 Å². The van der Waals surface area contributed by atoms with Crippen LogP contribution in [0.1, 0.15) is 11.1 Å². The van der Waals surface area contributed by atoms with E-state index in [9.17, 15) is 4.79 Å². The van der Waals surface area contributed by atoms with Crippen LogP contribution < -0.4 is 0 Å². The number of hydrogen-bond donors (Lipinski definition) is 0. The summed E-state index contributed by atoms with van der Waals surface area (Å²) in [6.45, 7) is 0. The van der Waals surface area contributed by atoms with Crippen molar-refractivity contribution in [3.63, 3.8) is 0 Å². The van der Waals surface area contributed by atoms with Gasteiger partial charge in [-0.05, 0) is 33.6 Å². The highest BCUT2D eigenvalue weighted by atomic mass is 79.9. The number of nitriles is 1. The quantitative estimate of drug-likeness (QED) is 0.782. The van der Waals surface area contributed by atoms with Gasteiger partial charge in [0.2, 0.25) is 0 Å². The lowest BCUT2D eigenvalue weighted by Gasteiger charge is -2.05. The van der Waals surface area contributed by atoms with Gasteiger partial charge in [0.1, 0.15) is 6.07 Å². The van der Waals surface area contributed by atoms with Crippen molar-refractivity contribution in [2.24, 2.45) is 0 Å². The summed E-state index contributed by atoms with van der Waals surface area (Å²) in [5.74, 6) is -0.335. The van der Waals surface area contributed by atoms with Gasteiger partial charge in [0.15, 0.2) is 0 Å². The largest absolute Gasteiger partial charge is 0.469 e. The number of ether oxygens (including phenoxy) is 1. The van der Waals surface area contributed by atoms with Crippen molar-refractivity contribution in [2.45, 2.75) is 6.42 Å². The second-order valence-corrected chi connectivity index (χ2v) is 4.50. The lowest BCUT2D eigenvalue weighted by molar-refractivity contribution is -0.139. The van der Waals surface area contributed by atoms with Gasteiger partial charge in [-0.25, -0.2) is 0 Å². The van der Waals surface area contributed by atoms with E-state index in [1.807, 2.05) is 6.07 Å². The molecule has 1 aromatic rings. The molecule has 78 valence electrons. The predicted molar refractivity (Wildman–Crippen MR) is 62.3 cm³/mol. The zero-order valence-corrected chi connectivity index (χ0v) is 11.1. The smallest absolute Gasteiger partial charge is 0.310 e. The zero-order valence-electron chi connectivity index (χ0n) is 7.88. The lowest BCUT2D eigenvalue weighted by Crippen LogP contribution is -2.05. The van der Waals surface area contributed by atoms with E-state index in [2.05, 4.69) is 36.6 Å². The van der Waals surface area contributed by atoms with E-state index in [1.165, 1.54) is 7.11 Å². The van der Waals surface area contributed by atoms with Crippen LogP contribution in [0.15, 0.2) is 21.1 Å². The summed E-state index contributed by atoms with van der Waals surface area (Å²) in [5.41, 5.74) is 1.22. The van der Waals surface area contributed by atoms with Crippen molar-refractivity contribution in [1.29, 1.82) is 5.26 Å². The van der Waals surface area contributed by atoms with Gasteiger partial charge in [-0.15, -0.1) is 0 Å². The van der Waals surface area contributed by atoms with Crippen LogP contribution in [-0.4, -0.2) is 13.1 Å². The number of benzene rings is 1. The molecule has 1 aromatic carbocycles. The van der Waals surface area contributed by atoms with Gasteiger partial charge in [0, 0.05) is 8.95 Å². The van der Waals surface area contributed by atoms with Gasteiger partial charge >= 0.3 is 5.97 Å². The topological polar surface area (TPSA) is 50.1 Å². The molecule has 0 atom stereocenters. The van der Waals surface area contributed by atoms with Crippen molar-refractivity contribution in [2.75, 3.05) is 7.11 Å². The Morgan fingerprint density at radius 2 is 2.20 bits per heavy atom. The maximum atomic E-state index is 11.1. The lowest BCUT2D eigenvalue weighted by atomic mass is 10.1. The Morgan fingerprint density at radius 3 is 2.73 bits per heavy atom. The molecule has 0 saturated heterocycles. The number of esters is 1. The van der Waals surface area contributed by atoms with Crippen LogP contribution in [0, 0.1) is 11.3 Å². The summed E-state index contributed by atoms with van der Waals surface area (Å²) >= 11 is 6.56. The average Bonchev–Trinajstić information content (AvgIpc) is 2.22. The monoisotopic (exact) mass is 331 g/mol. The zero-order chi connectivity index (χ0) is 11.4. The van der Waals surface area contributed by atoms with Crippen LogP contribution in [0.4, 0.5) is 0 Å². The molecule has 0 spiro atoms. The van der Waals surface area contributed by atoms with Gasteiger partial charge in [0.05, 0.1) is 19.1 Å². The molecule has 0 N–H and O–H groups in total. The molecule has 5 heteroatoms. The number of carbonyl (C=O) groups is 1. The molecular weight excluding hydrogens is 326 g/mol. The predicted octanol–water partition coefficient (Wildman–Crippen LogP) is 2.80. The number of methoxy groups -OCH3 is 1. The Kier molecular flexibility index (Phi) is 4.30. The molecule has 15 heavy (non-hydrogen) atoms. The maximum absolute atomic E-state index is 11.1. The third-order valence-corrected chi connectivity index (χ3v) is 3.19. The Hall–Kier alpha value is -0.860. The molecule has 0 aromatic heterocycles. The van der Waals surface area contributed by atoms with Crippen LogP contribution in [0.25, 0.3) is 0 Å². The Balaban J connectivity index is 3.13. The molecule has 0 saturated carbocycles. The first kappa shape index (κ1) is 12.2. The van der Waals surface area contributed by atoms with Crippen molar-refractivity contribution in [3.05, 3.63) is 32.2 Å². The second-order valence-electron chi connectivity index (χ2n) is 2.79. The maximum Gasteiger partial charge on any atom is 0.310 e. The first-order valence-corrected chi connectivity index (χ1v) is 5.62. The molecule has 0 bridgehead atoms. The first-order chi connectivity index (χ1) is 7.08. The molecule has 0 fully saturated rings. The fraction of sp³-hybridized carbons (Fsp3) is 0.200. The molecule has 0 aliphatic heterocycles. The van der Waals surface area contributed by atoms with E-state index in [0.717, 1.165) is 10.0 Å². The number of rotatable bonds is 2. The Morgan fingerprint density at radius 1 is 1.53 bits per heavy atom. The van der Waals surface area contributed by atoms with E-state index in [-0.39, 0.29) is 12.4 Å².